The van der Waals surface area contributed by atoms with Crippen LogP contribution < -0.4 is 0 Å². The first-order valence-corrected chi connectivity index (χ1v) is 24.5. The van der Waals surface area contributed by atoms with Crippen molar-refractivity contribution in [1.29, 1.82) is 0 Å². The number of rotatable bonds is 8. The van der Waals surface area contributed by atoms with Gasteiger partial charge in [0.2, 0.25) is 0 Å². The van der Waals surface area contributed by atoms with Gasteiger partial charge in [-0.15, -0.1) is 0 Å². The van der Waals surface area contributed by atoms with Gasteiger partial charge in [-0.25, -0.2) is 0 Å². The molecule has 8 N–H and O–H groups in total. The maximum Gasteiger partial charge on any atom is 0.152 e. The van der Waals surface area contributed by atoms with Crippen LogP contribution in [0.5, 0.6) is 34.5 Å². The first-order valence-electron chi connectivity index (χ1n) is 23.8. The molecule has 0 fully saturated rings. The van der Waals surface area contributed by atoms with Crippen LogP contribution >= 0.6 is 23.2 Å². The average molecular weight is 1010 g/mol. The Morgan fingerprint density at radius 3 is 1.12 bits per heavy atom. The smallest absolute Gasteiger partial charge is 0.152 e. The number of phenolic OH excluding ortho intramolecular Hbond substituents is 6. The summed E-state index contributed by atoms with van der Waals surface area (Å²) in [6.45, 7) is 19.1. The highest BCUT2D eigenvalue weighted by atomic mass is 35.5. The SMILES string of the molecule is CCc1cc(-c2cc(Cl)c(O)c(Cl)c2)ccc1O.CCc1ccc(-c2cc(C)c(O)c(C)c2)cc1O.Cc1cc(-c2ccc(C(C)O)cc2)cc(C)c1O.Cc1ccc(-c2cc(C)c(O)c(C)c2)cc1CO. The summed E-state index contributed by atoms with van der Waals surface area (Å²) in [4.78, 5) is 0. The van der Waals surface area contributed by atoms with Gasteiger partial charge in [0.25, 0.3) is 0 Å². The van der Waals surface area contributed by atoms with Crippen molar-refractivity contribution in [2.75, 3.05) is 0 Å². The van der Waals surface area contributed by atoms with Crippen LogP contribution in [0.2, 0.25) is 10.0 Å². The van der Waals surface area contributed by atoms with Crippen molar-refractivity contribution in [2.24, 2.45) is 0 Å². The van der Waals surface area contributed by atoms with Gasteiger partial charge in [0.15, 0.2) is 5.75 Å². The fourth-order valence-corrected chi connectivity index (χ4v) is 8.65. The molecule has 0 aliphatic rings. The van der Waals surface area contributed by atoms with Gasteiger partial charge in [-0.05, 0) is 247 Å². The van der Waals surface area contributed by atoms with Crippen LogP contribution in [0, 0.1) is 48.5 Å². The summed E-state index contributed by atoms with van der Waals surface area (Å²) in [5, 5.41) is 77.6. The lowest BCUT2D eigenvalue weighted by Crippen LogP contribution is -1.91. The molecular weight excluding hydrogens is 944 g/mol. The number of hydrogen-bond acceptors (Lipinski definition) is 8. The van der Waals surface area contributed by atoms with Gasteiger partial charge in [0.05, 0.1) is 22.8 Å². The van der Waals surface area contributed by atoms with E-state index in [4.69, 9.17) is 23.2 Å². The number of phenols is 6. The second kappa shape index (κ2) is 24.9. The Hall–Kier alpha value is -6.94. The summed E-state index contributed by atoms with van der Waals surface area (Å²) >= 11 is 11.8. The predicted molar refractivity (Wildman–Crippen MR) is 296 cm³/mol. The number of aromatic hydroxyl groups is 6. The normalized spacial score (nSPS) is 11.1. The topological polar surface area (TPSA) is 162 Å². The minimum absolute atomic E-state index is 0.0513. The monoisotopic (exact) mass is 1010 g/mol. The molecule has 0 heterocycles. The van der Waals surface area contributed by atoms with E-state index in [0.29, 0.717) is 23.0 Å². The zero-order valence-corrected chi connectivity index (χ0v) is 44.2. The molecule has 8 aromatic rings. The average Bonchev–Trinajstić information content (AvgIpc) is 3.36. The van der Waals surface area contributed by atoms with Crippen LogP contribution in [0.1, 0.15) is 88.1 Å². The summed E-state index contributed by atoms with van der Waals surface area (Å²) in [5.41, 5.74) is 17.9. The quantitative estimate of drug-likeness (QED) is 0.0746. The van der Waals surface area contributed by atoms with E-state index in [1.165, 1.54) is 0 Å². The maximum absolute atomic E-state index is 9.90. The van der Waals surface area contributed by atoms with E-state index in [-0.39, 0.29) is 28.2 Å². The summed E-state index contributed by atoms with van der Waals surface area (Å²) < 4.78 is 0. The lowest BCUT2D eigenvalue weighted by Gasteiger charge is -2.10. The van der Waals surface area contributed by atoms with Crippen molar-refractivity contribution in [3.05, 3.63) is 199 Å². The number of hydrogen-bond donors (Lipinski definition) is 8. The minimum atomic E-state index is -0.442. The van der Waals surface area contributed by atoms with Crippen LogP contribution in [0.25, 0.3) is 44.5 Å². The van der Waals surface area contributed by atoms with E-state index >= 15 is 0 Å². The Bertz CT molecular complexity index is 2980. The Morgan fingerprint density at radius 2 is 0.722 bits per heavy atom. The molecule has 0 aromatic heterocycles. The molecule has 0 aliphatic carbocycles. The molecule has 0 radical (unpaired) electrons. The maximum atomic E-state index is 9.90. The Morgan fingerprint density at radius 1 is 0.361 bits per heavy atom. The van der Waals surface area contributed by atoms with Crippen molar-refractivity contribution >= 4 is 23.2 Å². The van der Waals surface area contributed by atoms with Crippen LogP contribution in [-0.4, -0.2) is 40.9 Å². The largest absolute Gasteiger partial charge is 0.508 e. The summed E-state index contributed by atoms with van der Waals surface area (Å²) in [7, 11) is 0. The van der Waals surface area contributed by atoms with Crippen molar-refractivity contribution in [2.45, 2.75) is 94.8 Å². The molecule has 1 unspecified atom stereocenters. The van der Waals surface area contributed by atoms with Crippen molar-refractivity contribution in [3.63, 3.8) is 0 Å². The first kappa shape index (κ1) is 56.0. The standard InChI is InChI=1S/3C16H18O2.C14H12Cl2O2/c1-10-8-15(9-11(2)16(10)18)14-6-4-13(5-7-14)12(3)17;1-10-4-5-13(8-15(10)9-17)14-6-11(2)16(18)12(3)7-14;1-4-12-5-6-13(9-15(12)17)14-7-10(2)16(18)11(3)8-14;1-2-8-5-9(3-4-13(8)17)10-6-11(15)14(18)12(16)7-10/h4-9,12,17-18H,1-3H3;4-8,17-18H,9H2,1-3H3;5-9,17-18H,4H2,1-3H3;3-7,17-18H,2H2,1H3. The molecular formula is C62H66Cl2O8. The molecule has 0 saturated carbocycles. The summed E-state index contributed by atoms with van der Waals surface area (Å²) in [5.74, 6) is 1.55. The van der Waals surface area contributed by atoms with Gasteiger partial charge in [-0.1, -0.05) is 91.6 Å². The van der Waals surface area contributed by atoms with Gasteiger partial charge in [-0.3, -0.25) is 0 Å². The number of halogens is 2. The predicted octanol–water partition coefficient (Wildman–Crippen LogP) is 15.8. The highest BCUT2D eigenvalue weighted by Crippen LogP contribution is 2.38. The van der Waals surface area contributed by atoms with E-state index < -0.39 is 6.10 Å². The zero-order valence-electron chi connectivity index (χ0n) is 42.7. The number of benzene rings is 8. The van der Waals surface area contributed by atoms with Crippen LogP contribution in [0.15, 0.2) is 127 Å². The van der Waals surface area contributed by atoms with Crippen molar-refractivity contribution < 1.29 is 40.9 Å². The number of aliphatic hydroxyl groups excluding tert-OH is 2. The number of aliphatic hydroxyl groups is 2. The third kappa shape index (κ3) is 13.9. The molecule has 0 aliphatic heterocycles. The second-order valence-corrected chi connectivity index (χ2v) is 19.0. The fraction of sp³-hybridized carbons (Fsp3) is 0.226. The van der Waals surface area contributed by atoms with E-state index in [1.54, 1.807) is 37.3 Å². The third-order valence-corrected chi connectivity index (χ3v) is 13.2. The van der Waals surface area contributed by atoms with Gasteiger partial charge in [0, 0.05) is 0 Å². The third-order valence-electron chi connectivity index (χ3n) is 12.7. The summed E-state index contributed by atoms with van der Waals surface area (Å²) in [6, 6.07) is 40.0. The molecule has 0 saturated heterocycles. The highest BCUT2D eigenvalue weighted by Gasteiger charge is 2.12. The number of aryl methyl sites for hydroxylation is 9. The van der Waals surface area contributed by atoms with Crippen LogP contribution in [0.4, 0.5) is 0 Å². The Balaban J connectivity index is 0.000000178. The van der Waals surface area contributed by atoms with Gasteiger partial charge in [-0.2, -0.15) is 0 Å². The highest BCUT2D eigenvalue weighted by molar-refractivity contribution is 6.37. The molecule has 1 atom stereocenters. The van der Waals surface area contributed by atoms with Gasteiger partial charge < -0.3 is 40.9 Å². The van der Waals surface area contributed by atoms with E-state index in [2.05, 4.69) is 0 Å². The molecule has 72 heavy (non-hydrogen) atoms. The fourth-order valence-electron chi connectivity index (χ4n) is 8.17. The second-order valence-electron chi connectivity index (χ2n) is 18.2. The van der Waals surface area contributed by atoms with E-state index in [0.717, 1.165) is 119 Å². The molecule has 0 bridgehead atoms. The first-order chi connectivity index (χ1) is 34.1. The van der Waals surface area contributed by atoms with Gasteiger partial charge in [0.1, 0.15) is 28.7 Å². The molecule has 8 rings (SSSR count). The Kier molecular flexibility index (Phi) is 19.4. The Labute approximate surface area is 434 Å². The molecule has 8 aromatic carbocycles. The van der Waals surface area contributed by atoms with E-state index in [1.807, 2.05) is 159 Å². The molecule has 376 valence electrons. The molecule has 8 nitrogen and oxygen atoms in total. The van der Waals surface area contributed by atoms with Gasteiger partial charge >= 0.3 is 0 Å². The molecule has 10 heteroatoms. The minimum Gasteiger partial charge on any atom is -0.508 e. The van der Waals surface area contributed by atoms with Crippen molar-refractivity contribution in [1.82, 2.24) is 0 Å². The van der Waals surface area contributed by atoms with Crippen molar-refractivity contribution in [3.8, 4) is 79.0 Å². The van der Waals surface area contributed by atoms with Crippen LogP contribution in [-0.2, 0) is 19.4 Å². The summed E-state index contributed by atoms with van der Waals surface area (Å²) in [6.07, 6.45) is 1.11. The van der Waals surface area contributed by atoms with E-state index in [9.17, 15) is 40.9 Å². The molecule has 0 amide bonds. The van der Waals surface area contributed by atoms with Crippen LogP contribution in [0.3, 0.4) is 0 Å². The molecule has 0 spiro atoms. The zero-order chi connectivity index (χ0) is 53.1. The lowest BCUT2D eigenvalue weighted by atomic mass is 9.97. The lowest BCUT2D eigenvalue weighted by molar-refractivity contribution is 0.199.